The van der Waals surface area contributed by atoms with Crippen LogP contribution in [0.1, 0.15) is 58.1 Å². The number of amides is 3. The predicted molar refractivity (Wildman–Crippen MR) is 143 cm³/mol. The molecular formula is C27H37N5O8. The van der Waals surface area contributed by atoms with Crippen LogP contribution in [-0.2, 0) is 14.3 Å². The molecule has 2 N–H and O–H groups in total. The standard InChI is InChI=1S/C27H37N5O8/c1-7-39-18-12-10-17(11-13-18)32-27(37)40-23(29-32)22(33)21(16(4)5)30-14-8-9-19(30)24(34)31(26(36)38-6)25(35)20(28)15(2)3/h10-13,15-16,19-21H,7-9,14,28H2,1-6H3/t19-,20-,21-/m0/s1. The third-order valence-electron chi connectivity index (χ3n) is 6.79. The molecule has 0 bridgehead atoms. The number of Topliss-reactive ketones (excluding diaryl/α,β-unsaturated/α-hetero) is 1. The van der Waals surface area contributed by atoms with Gasteiger partial charge in [0.2, 0.25) is 5.78 Å². The van der Waals surface area contributed by atoms with Crippen LogP contribution in [0.4, 0.5) is 4.79 Å². The van der Waals surface area contributed by atoms with Gasteiger partial charge in [0.1, 0.15) is 5.75 Å². The van der Waals surface area contributed by atoms with Crippen molar-refractivity contribution in [3.05, 3.63) is 40.7 Å². The first-order chi connectivity index (χ1) is 18.9. The van der Waals surface area contributed by atoms with Crippen LogP contribution >= 0.6 is 0 Å². The maximum Gasteiger partial charge on any atom is 0.442 e. The van der Waals surface area contributed by atoms with Gasteiger partial charge in [-0.05, 0) is 62.4 Å². The van der Waals surface area contributed by atoms with Gasteiger partial charge in [-0.2, -0.15) is 9.58 Å². The van der Waals surface area contributed by atoms with E-state index in [2.05, 4.69) is 5.10 Å². The quantitative estimate of drug-likeness (QED) is 0.423. The topological polar surface area (TPSA) is 167 Å². The van der Waals surface area contributed by atoms with Gasteiger partial charge in [-0.1, -0.05) is 27.7 Å². The molecule has 40 heavy (non-hydrogen) atoms. The molecule has 1 fully saturated rings. The summed E-state index contributed by atoms with van der Waals surface area (Å²) in [5.74, 6) is -3.67. The van der Waals surface area contributed by atoms with Crippen molar-refractivity contribution in [2.24, 2.45) is 17.6 Å². The monoisotopic (exact) mass is 559 g/mol. The van der Waals surface area contributed by atoms with E-state index in [1.807, 2.05) is 6.92 Å². The molecule has 1 aromatic heterocycles. The van der Waals surface area contributed by atoms with Crippen LogP contribution in [-0.4, -0.2) is 81.7 Å². The summed E-state index contributed by atoms with van der Waals surface area (Å²) in [6, 6.07) is 3.52. The maximum absolute atomic E-state index is 13.7. The highest BCUT2D eigenvalue weighted by molar-refractivity contribution is 6.12. The Bertz CT molecular complexity index is 1280. The number of carbonyl (C=O) groups excluding carboxylic acids is 4. The summed E-state index contributed by atoms with van der Waals surface area (Å²) in [6.45, 7) is 9.60. The van der Waals surface area contributed by atoms with Crippen molar-refractivity contribution < 1.29 is 33.1 Å². The number of ether oxygens (including phenoxy) is 2. The summed E-state index contributed by atoms with van der Waals surface area (Å²) in [7, 11) is 1.06. The van der Waals surface area contributed by atoms with Gasteiger partial charge >= 0.3 is 11.8 Å². The average molecular weight is 560 g/mol. The third-order valence-corrected chi connectivity index (χ3v) is 6.79. The second-order valence-electron chi connectivity index (χ2n) is 10.2. The number of carbonyl (C=O) groups is 4. The van der Waals surface area contributed by atoms with Crippen molar-refractivity contribution >= 4 is 23.7 Å². The minimum atomic E-state index is -1.15. The molecule has 0 unspecified atom stereocenters. The van der Waals surface area contributed by atoms with Gasteiger partial charge in [-0.25, -0.2) is 9.59 Å². The lowest BCUT2D eigenvalue weighted by molar-refractivity contribution is -0.146. The Morgan fingerprint density at radius 3 is 2.33 bits per heavy atom. The summed E-state index contributed by atoms with van der Waals surface area (Å²) in [5, 5.41) is 4.13. The number of imide groups is 3. The third kappa shape index (κ3) is 6.31. The molecule has 13 heteroatoms. The summed E-state index contributed by atoms with van der Waals surface area (Å²) in [5.41, 5.74) is 6.34. The lowest BCUT2D eigenvalue weighted by atomic mass is 9.96. The highest BCUT2D eigenvalue weighted by atomic mass is 16.5. The molecule has 0 saturated carbocycles. The molecule has 2 aromatic rings. The normalized spacial score (nSPS) is 17.1. The predicted octanol–water partition coefficient (Wildman–Crippen LogP) is 2.00. The van der Waals surface area contributed by atoms with Gasteiger partial charge in [-0.15, -0.1) is 5.10 Å². The highest BCUT2D eigenvalue weighted by Crippen LogP contribution is 2.28. The van der Waals surface area contributed by atoms with E-state index in [1.54, 1.807) is 56.9 Å². The smallest absolute Gasteiger partial charge is 0.442 e. The molecule has 13 nitrogen and oxygen atoms in total. The van der Waals surface area contributed by atoms with E-state index in [1.165, 1.54) is 0 Å². The number of nitrogens with zero attached hydrogens (tertiary/aromatic N) is 4. The molecule has 1 aromatic carbocycles. The van der Waals surface area contributed by atoms with E-state index in [4.69, 9.17) is 19.6 Å². The van der Waals surface area contributed by atoms with Crippen molar-refractivity contribution in [2.45, 2.75) is 65.6 Å². The minimum absolute atomic E-state index is 0.289. The number of nitrogens with two attached hydrogens (primary N) is 1. The second kappa shape index (κ2) is 13.0. The Hall–Kier alpha value is -3.84. The number of aromatic nitrogens is 2. The molecule has 1 saturated heterocycles. The molecule has 0 spiro atoms. The molecular weight excluding hydrogens is 522 g/mol. The van der Waals surface area contributed by atoms with Crippen molar-refractivity contribution in [3.8, 4) is 11.4 Å². The van der Waals surface area contributed by atoms with E-state index in [-0.39, 0.29) is 18.3 Å². The van der Waals surface area contributed by atoms with Gasteiger partial charge in [0.25, 0.3) is 17.7 Å². The first-order valence-corrected chi connectivity index (χ1v) is 13.3. The summed E-state index contributed by atoms with van der Waals surface area (Å²) in [4.78, 5) is 67.5. The van der Waals surface area contributed by atoms with E-state index < -0.39 is 53.5 Å². The van der Waals surface area contributed by atoms with Gasteiger partial charge in [0, 0.05) is 0 Å². The maximum atomic E-state index is 13.7. The van der Waals surface area contributed by atoms with Crippen molar-refractivity contribution in [3.63, 3.8) is 0 Å². The van der Waals surface area contributed by atoms with E-state index in [0.29, 0.717) is 35.9 Å². The Kier molecular flexibility index (Phi) is 9.98. The number of likely N-dealkylation sites (tertiary alicyclic amines) is 1. The molecule has 0 aliphatic carbocycles. The number of hydrogen-bond acceptors (Lipinski definition) is 11. The summed E-state index contributed by atoms with van der Waals surface area (Å²) in [6.07, 6.45) is -0.334. The molecule has 1 aliphatic rings. The Morgan fingerprint density at radius 2 is 1.77 bits per heavy atom. The van der Waals surface area contributed by atoms with Crippen molar-refractivity contribution in [1.82, 2.24) is 19.6 Å². The zero-order valence-electron chi connectivity index (χ0n) is 23.7. The van der Waals surface area contributed by atoms with E-state index in [0.717, 1.165) is 11.8 Å². The minimum Gasteiger partial charge on any atom is -0.494 e. The van der Waals surface area contributed by atoms with Crippen LogP contribution in [0.2, 0.25) is 0 Å². The van der Waals surface area contributed by atoms with Crippen LogP contribution in [0.25, 0.3) is 5.69 Å². The van der Waals surface area contributed by atoms with E-state index >= 15 is 0 Å². The number of methoxy groups -OCH3 is 1. The van der Waals surface area contributed by atoms with Gasteiger partial charge in [-0.3, -0.25) is 19.3 Å². The molecule has 3 rings (SSSR count). The molecule has 2 heterocycles. The summed E-state index contributed by atoms with van der Waals surface area (Å²) >= 11 is 0. The van der Waals surface area contributed by atoms with Crippen molar-refractivity contribution in [1.29, 1.82) is 0 Å². The van der Waals surface area contributed by atoms with Crippen LogP contribution in [0.5, 0.6) is 5.75 Å². The second-order valence-corrected chi connectivity index (χ2v) is 10.2. The number of ketones is 1. The van der Waals surface area contributed by atoms with Crippen molar-refractivity contribution in [2.75, 3.05) is 20.3 Å². The zero-order valence-corrected chi connectivity index (χ0v) is 23.7. The van der Waals surface area contributed by atoms with Crippen LogP contribution in [0, 0.1) is 11.8 Å². The van der Waals surface area contributed by atoms with Gasteiger partial charge in [0.05, 0.1) is 37.5 Å². The summed E-state index contributed by atoms with van der Waals surface area (Å²) < 4.78 is 16.3. The van der Waals surface area contributed by atoms with Gasteiger partial charge in [0.15, 0.2) is 0 Å². The fraction of sp³-hybridized carbons (Fsp3) is 0.556. The lowest BCUT2D eigenvalue weighted by Gasteiger charge is -2.34. The Labute approximate surface area is 232 Å². The van der Waals surface area contributed by atoms with Crippen LogP contribution in [0.3, 0.4) is 0 Å². The van der Waals surface area contributed by atoms with E-state index in [9.17, 15) is 24.0 Å². The first kappa shape index (κ1) is 30.7. The fourth-order valence-corrected chi connectivity index (χ4v) is 4.70. The molecule has 3 amide bonds. The fourth-order valence-electron chi connectivity index (χ4n) is 4.70. The number of hydrogen-bond donors (Lipinski definition) is 1. The zero-order chi connectivity index (χ0) is 29.7. The lowest BCUT2D eigenvalue weighted by Crippen LogP contribution is -2.58. The highest BCUT2D eigenvalue weighted by Gasteiger charge is 2.46. The molecule has 1 aliphatic heterocycles. The van der Waals surface area contributed by atoms with Crippen LogP contribution in [0.15, 0.2) is 33.5 Å². The SMILES string of the molecule is CCOc1ccc(-n2nc(C(=O)[C@H](C(C)C)N3CCC[C@H]3C(=O)N(C(=O)OC)C(=O)[C@@H](N)C(C)C)oc2=O)cc1. The largest absolute Gasteiger partial charge is 0.494 e. The Balaban J connectivity index is 1.92. The molecule has 218 valence electrons. The molecule has 0 radical (unpaired) electrons. The number of rotatable bonds is 10. The Morgan fingerprint density at radius 1 is 1.12 bits per heavy atom. The van der Waals surface area contributed by atoms with Crippen LogP contribution < -0.4 is 16.2 Å². The molecule has 3 atom stereocenters. The number of benzene rings is 1. The first-order valence-electron chi connectivity index (χ1n) is 13.3. The average Bonchev–Trinajstić information content (AvgIpc) is 3.55. The van der Waals surface area contributed by atoms with Gasteiger partial charge < -0.3 is 19.6 Å².